The van der Waals surface area contributed by atoms with Crippen LogP contribution in [0.3, 0.4) is 0 Å². The quantitative estimate of drug-likeness (QED) is 0.841. The first-order valence-corrected chi connectivity index (χ1v) is 7.68. The van der Waals surface area contributed by atoms with E-state index >= 15 is 0 Å². The number of rotatable bonds is 2. The summed E-state index contributed by atoms with van der Waals surface area (Å²) in [6, 6.07) is -0.182. The van der Waals surface area contributed by atoms with E-state index in [4.69, 9.17) is 14.3 Å². The molecule has 2 aliphatic rings. The molecule has 126 valence electrons. The molecule has 0 aromatic carbocycles. The Kier molecular flexibility index (Phi) is 4.67. The van der Waals surface area contributed by atoms with E-state index in [0.29, 0.717) is 26.1 Å². The predicted octanol–water partition coefficient (Wildman–Crippen LogP) is 1.82. The van der Waals surface area contributed by atoms with Crippen molar-refractivity contribution in [3.8, 4) is 0 Å². The fraction of sp³-hybridized carbons (Fsp3) is 0.867. The number of amides is 2. The Balaban J connectivity index is 2.09. The van der Waals surface area contributed by atoms with E-state index in [9.17, 15) is 9.59 Å². The molecule has 0 aliphatic carbocycles. The van der Waals surface area contributed by atoms with Gasteiger partial charge < -0.3 is 9.47 Å². The van der Waals surface area contributed by atoms with Crippen LogP contribution in [0.2, 0.25) is 0 Å². The molecule has 1 N–H and O–H groups in total. The summed E-state index contributed by atoms with van der Waals surface area (Å²) in [5, 5.41) is 0. The highest BCUT2D eigenvalue weighted by Crippen LogP contribution is 2.33. The average Bonchev–Trinajstić information content (AvgIpc) is 2.65. The Morgan fingerprint density at radius 3 is 2.73 bits per heavy atom. The minimum Gasteiger partial charge on any atom is -0.444 e. The average molecular weight is 314 g/mol. The number of hydroxylamine groups is 1. The zero-order chi connectivity index (χ0) is 16.5. The third-order valence-corrected chi connectivity index (χ3v) is 3.83. The van der Waals surface area contributed by atoms with Crippen LogP contribution >= 0.6 is 0 Å². The number of nitrogens with one attached hydrogen (secondary N) is 1. The van der Waals surface area contributed by atoms with Crippen LogP contribution in [0.15, 0.2) is 0 Å². The van der Waals surface area contributed by atoms with Gasteiger partial charge in [-0.2, -0.15) is 0 Å². The van der Waals surface area contributed by atoms with Crippen molar-refractivity contribution in [1.82, 2.24) is 10.4 Å². The molecule has 0 saturated carbocycles. The second-order valence-electron chi connectivity index (χ2n) is 7.30. The lowest BCUT2D eigenvalue weighted by Gasteiger charge is -2.36. The first-order valence-electron chi connectivity index (χ1n) is 7.68. The van der Waals surface area contributed by atoms with Crippen molar-refractivity contribution >= 4 is 12.0 Å². The van der Waals surface area contributed by atoms with Crippen LogP contribution in [0, 0.1) is 5.92 Å². The minimum atomic E-state index is -0.741. The molecule has 0 aromatic heterocycles. The van der Waals surface area contributed by atoms with E-state index in [2.05, 4.69) is 5.48 Å². The van der Waals surface area contributed by atoms with Crippen LogP contribution in [-0.2, 0) is 19.1 Å². The molecule has 0 bridgehead atoms. The van der Waals surface area contributed by atoms with Gasteiger partial charge in [-0.3, -0.25) is 14.5 Å². The van der Waals surface area contributed by atoms with Gasteiger partial charge in [0.2, 0.25) is 5.91 Å². The Hall–Kier alpha value is -1.34. The molecule has 2 amide bonds. The van der Waals surface area contributed by atoms with Gasteiger partial charge in [0.1, 0.15) is 11.3 Å². The third-order valence-electron chi connectivity index (χ3n) is 3.83. The molecule has 2 heterocycles. The normalized spacial score (nSPS) is 28.4. The lowest BCUT2D eigenvalue weighted by Crippen LogP contribution is -2.51. The number of carbonyl (C=O) groups is 2. The molecule has 2 saturated heterocycles. The molecule has 0 radical (unpaired) electrons. The lowest BCUT2D eigenvalue weighted by molar-refractivity contribution is -0.146. The molecule has 7 heteroatoms. The van der Waals surface area contributed by atoms with Crippen LogP contribution in [0.4, 0.5) is 4.79 Å². The second-order valence-corrected chi connectivity index (χ2v) is 7.30. The molecule has 0 aromatic rings. The smallest absolute Gasteiger partial charge is 0.412 e. The minimum absolute atomic E-state index is 0.139. The molecule has 0 unspecified atom stereocenters. The van der Waals surface area contributed by atoms with Crippen molar-refractivity contribution in [3.63, 3.8) is 0 Å². The maximum Gasteiger partial charge on any atom is 0.412 e. The molecule has 2 rings (SSSR count). The fourth-order valence-electron chi connectivity index (χ4n) is 2.83. The van der Waals surface area contributed by atoms with Gasteiger partial charge in [0, 0.05) is 5.92 Å². The Bertz CT molecular complexity index is 444. The van der Waals surface area contributed by atoms with Crippen LogP contribution in [0.1, 0.15) is 47.5 Å². The summed E-state index contributed by atoms with van der Waals surface area (Å²) in [4.78, 5) is 30.9. The van der Waals surface area contributed by atoms with Gasteiger partial charge in [-0.1, -0.05) is 0 Å². The lowest BCUT2D eigenvalue weighted by atomic mass is 9.95. The number of hydrogen-bond donors (Lipinski definition) is 1. The van der Waals surface area contributed by atoms with E-state index in [1.165, 1.54) is 0 Å². The van der Waals surface area contributed by atoms with Crippen molar-refractivity contribution in [2.75, 3.05) is 13.2 Å². The Labute approximate surface area is 131 Å². The standard InChI is InChI=1S/C15H26N2O5/c1-14(2,3)22-13(19)17-11(9-20-15(17,4)5)8-10-6-7-21-16-12(10)18/h10-11H,6-9H2,1-5H3,(H,16,18)/t10-,11-/m0/s1. The fourth-order valence-corrected chi connectivity index (χ4v) is 2.83. The highest BCUT2D eigenvalue weighted by Gasteiger charge is 2.46. The number of carbonyl (C=O) groups excluding carboxylic acids is 2. The van der Waals surface area contributed by atoms with Gasteiger partial charge >= 0.3 is 6.09 Å². The largest absolute Gasteiger partial charge is 0.444 e. The van der Waals surface area contributed by atoms with Gasteiger partial charge in [-0.05, 0) is 47.5 Å². The predicted molar refractivity (Wildman–Crippen MR) is 78.7 cm³/mol. The molecule has 2 atom stereocenters. The van der Waals surface area contributed by atoms with Crippen molar-refractivity contribution in [2.45, 2.75) is 64.8 Å². The molecule has 2 aliphatic heterocycles. The Morgan fingerprint density at radius 2 is 2.14 bits per heavy atom. The second kappa shape index (κ2) is 6.04. The first kappa shape index (κ1) is 17.0. The monoisotopic (exact) mass is 314 g/mol. The van der Waals surface area contributed by atoms with Crippen LogP contribution < -0.4 is 5.48 Å². The summed E-state index contributed by atoms with van der Waals surface area (Å²) >= 11 is 0. The zero-order valence-corrected chi connectivity index (χ0v) is 14.0. The van der Waals surface area contributed by atoms with Crippen molar-refractivity contribution in [2.24, 2.45) is 5.92 Å². The van der Waals surface area contributed by atoms with Gasteiger partial charge in [0.15, 0.2) is 0 Å². The third kappa shape index (κ3) is 3.89. The van der Waals surface area contributed by atoms with Crippen molar-refractivity contribution < 1.29 is 23.9 Å². The van der Waals surface area contributed by atoms with Crippen LogP contribution in [-0.4, -0.2) is 47.5 Å². The van der Waals surface area contributed by atoms with Crippen molar-refractivity contribution in [3.05, 3.63) is 0 Å². The molecular formula is C15H26N2O5. The summed E-state index contributed by atoms with van der Waals surface area (Å²) < 4.78 is 11.2. The highest BCUT2D eigenvalue weighted by molar-refractivity contribution is 5.78. The first-order chi connectivity index (χ1) is 10.1. The molecule has 22 heavy (non-hydrogen) atoms. The number of ether oxygens (including phenoxy) is 2. The van der Waals surface area contributed by atoms with E-state index in [0.717, 1.165) is 0 Å². The van der Waals surface area contributed by atoms with Crippen molar-refractivity contribution in [1.29, 1.82) is 0 Å². The van der Waals surface area contributed by atoms with E-state index in [1.54, 1.807) is 4.90 Å². The number of nitrogens with zero attached hydrogens (tertiary/aromatic N) is 1. The van der Waals surface area contributed by atoms with Crippen LogP contribution in [0.25, 0.3) is 0 Å². The molecule has 7 nitrogen and oxygen atoms in total. The summed E-state index contributed by atoms with van der Waals surface area (Å²) in [7, 11) is 0. The SMILES string of the molecule is CC(C)(C)OC(=O)N1[C@@H](C[C@@H]2CCONC2=O)COC1(C)C. The van der Waals surface area contributed by atoms with Gasteiger partial charge in [-0.25, -0.2) is 10.3 Å². The van der Waals surface area contributed by atoms with Gasteiger partial charge in [0.05, 0.1) is 19.3 Å². The number of hydrogen-bond acceptors (Lipinski definition) is 5. The Morgan fingerprint density at radius 1 is 1.45 bits per heavy atom. The van der Waals surface area contributed by atoms with E-state index in [1.807, 2.05) is 34.6 Å². The maximum absolute atomic E-state index is 12.5. The van der Waals surface area contributed by atoms with Crippen LogP contribution in [0.5, 0.6) is 0 Å². The summed E-state index contributed by atoms with van der Waals surface area (Å²) in [6.07, 6.45) is 0.774. The summed E-state index contributed by atoms with van der Waals surface area (Å²) in [5.74, 6) is -0.318. The maximum atomic E-state index is 12.5. The van der Waals surface area contributed by atoms with E-state index < -0.39 is 17.4 Å². The summed E-state index contributed by atoms with van der Waals surface area (Å²) in [5.41, 5.74) is 1.08. The summed E-state index contributed by atoms with van der Waals surface area (Å²) in [6.45, 7) is 10.0. The van der Waals surface area contributed by atoms with Gasteiger partial charge in [0.25, 0.3) is 0 Å². The topological polar surface area (TPSA) is 77.1 Å². The molecular weight excluding hydrogens is 288 g/mol. The highest BCUT2D eigenvalue weighted by atomic mass is 16.7. The van der Waals surface area contributed by atoms with E-state index in [-0.39, 0.29) is 17.9 Å². The molecule has 0 spiro atoms. The zero-order valence-electron chi connectivity index (χ0n) is 14.0. The molecule has 2 fully saturated rings. The van der Waals surface area contributed by atoms with Gasteiger partial charge in [-0.15, -0.1) is 0 Å².